The van der Waals surface area contributed by atoms with Crippen LogP contribution in [-0.2, 0) is 16.9 Å². The summed E-state index contributed by atoms with van der Waals surface area (Å²) in [7, 11) is 3.64. The number of likely N-dealkylation sites (tertiary alicyclic amines) is 1. The lowest BCUT2D eigenvalue weighted by molar-refractivity contribution is -0.141. The third-order valence-electron chi connectivity index (χ3n) is 4.68. The van der Waals surface area contributed by atoms with Gasteiger partial charge in [0.1, 0.15) is 5.54 Å². The van der Waals surface area contributed by atoms with Crippen molar-refractivity contribution < 1.29 is 4.79 Å². The number of rotatable bonds is 4. The minimum absolute atomic E-state index is 0.127. The first-order valence-electron chi connectivity index (χ1n) is 8.36. The molecule has 1 saturated heterocycles. The van der Waals surface area contributed by atoms with Gasteiger partial charge in [0.15, 0.2) is 0 Å². The standard InChI is InChI=1S/C18H25N5O/c1-15-6-4-7-16(20-15)12-22-10-5-8-18(13-22,17(24)21(2)3)23-11-9-19-14-23/h4,6-7,9,11,14H,5,8,10,12-13H2,1-3H3. The molecule has 0 radical (unpaired) electrons. The van der Waals surface area contributed by atoms with Gasteiger partial charge < -0.3 is 9.47 Å². The number of carbonyl (C=O) groups excluding carboxylic acids is 1. The molecule has 24 heavy (non-hydrogen) atoms. The van der Waals surface area contributed by atoms with Crippen LogP contribution in [0, 0.1) is 6.92 Å². The molecule has 1 aliphatic heterocycles. The molecule has 1 amide bonds. The van der Waals surface area contributed by atoms with Crippen LogP contribution in [0.3, 0.4) is 0 Å². The molecule has 1 fully saturated rings. The number of piperidine rings is 1. The number of hydrogen-bond acceptors (Lipinski definition) is 4. The summed E-state index contributed by atoms with van der Waals surface area (Å²) in [4.78, 5) is 25.8. The molecule has 2 aromatic rings. The van der Waals surface area contributed by atoms with Crippen molar-refractivity contribution in [1.29, 1.82) is 0 Å². The Balaban J connectivity index is 1.86. The van der Waals surface area contributed by atoms with Crippen LogP contribution in [0.4, 0.5) is 0 Å². The second-order valence-corrected chi connectivity index (χ2v) is 6.79. The van der Waals surface area contributed by atoms with E-state index in [1.54, 1.807) is 17.4 Å². The minimum Gasteiger partial charge on any atom is -0.347 e. The van der Waals surface area contributed by atoms with Crippen molar-refractivity contribution >= 4 is 5.91 Å². The first-order chi connectivity index (χ1) is 11.5. The van der Waals surface area contributed by atoms with Gasteiger partial charge in [0, 0.05) is 45.3 Å². The Labute approximate surface area is 143 Å². The fraction of sp³-hybridized carbons (Fsp3) is 0.500. The lowest BCUT2D eigenvalue weighted by Gasteiger charge is -2.43. The van der Waals surface area contributed by atoms with Crippen molar-refractivity contribution in [2.24, 2.45) is 0 Å². The van der Waals surface area contributed by atoms with E-state index in [-0.39, 0.29) is 5.91 Å². The SMILES string of the molecule is Cc1cccc(CN2CCCC(C(=O)N(C)C)(n3ccnc3)C2)n1. The molecule has 6 nitrogen and oxygen atoms in total. The Hall–Kier alpha value is -2.21. The molecule has 3 rings (SSSR count). The molecule has 0 aliphatic carbocycles. The lowest BCUT2D eigenvalue weighted by Crippen LogP contribution is -2.57. The second-order valence-electron chi connectivity index (χ2n) is 6.79. The van der Waals surface area contributed by atoms with Crippen LogP contribution < -0.4 is 0 Å². The molecule has 2 aromatic heterocycles. The zero-order valence-corrected chi connectivity index (χ0v) is 14.6. The first kappa shape index (κ1) is 16.6. The number of aryl methyl sites for hydroxylation is 1. The predicted molar refractivity (Wildman–Crippen MR) is 92.4 cm³/mol. The highest BCUT2D eigenvalue weighted by molar-refractivity contribution is 5.84. The predicted octanol–water partition coefficient (Wildman–Crippen LogP) is 1.67. The fourth-order valence-electron chi connectivity index (χ4n) is 3.60. The Morgan fingerprint density at radius 3 is 2.88 bits per heavy atom. The summed E-state index contributed by atoms with van der Waals surface area (Å²) in [5.74, 6) is 0.127. The van der Waals surface area contributed by atoms with Crippen LogP contribution >= 0.6 is 0 Å². The van der Waals surface area contributed by atoms with Crippen molar-refractivity contribution in [3.8, 4) is 0 Å². The molecule has 0 spiro atoms. The van der Waals surface area contributed by atoms with E-state index in [0.717, 1.165) is 37.3 Å². The summed E-state index contributed by atoms with van der Waals surface area (Å²) in [6, 6.07) is 6.09. The van der Waals surface area contributed by atoms with Gasteiger partial charge in [-0.05, 0) is 38.4 Å². The normalized spacial score (nSPS) is 21.6. The van der Waals surface area contributed by atoms with Crippen LogP contribution in [0.5, 0.6) is 0 Å². The number of amides is 1. The average Bonchev–Trinajstić information content (AvgIpc) is 3.09. The molecule has 0 N–H and O–H groups in total. The maximum absolute atomic E-state index is 13.0. The lowest BCUT2D eigenvalue weighted by atomic mass is 9.87. The first-order valence-corrected chi connectivity index (χ1v) is 8.36. The molecule has 1 unspecified atom stereocenters. The number of aromatic nitrogens is 3. The van der Waals surface area contributed by atoms with Gasteiger partial charge in [0.25, 0.3) is 0 Å². The van der Waals surface area contributed by atoms with Crippen molar-refractivity contribution in [3.63, 3.8) is 0 Å². The molecule has 3 heterocycles. The number of likely N-dealkylation sites (N-methyl/N-ethyl adjacent to an activating group) is 1. The summed E-state index contributed by atoms with van der Waals surface area (Å²) < 4.78 is 1.98. The summed E-state index contributed by atoms with van der Waals surface area (Å²) >= 11 is 0. The van der Waals surface area contributed by atoms with Gasteiger partial charge in [0.05, 0.1) is 12.0 Å². The van der Waals surface area contributed by atoms with E-state index in [9.17, 15) is 4.79 Å². The van der Waals surface area contributed by atoms with Gasteiger partial charge in [-0.25, -0.2) is 4.98 Å². The Kier molecular flexibility index (Phi) is 4.66. The van der Waals surface area contributed by atoms with E-state index in [2.05, 4.69) is 14.9 Å². The smallest absolute Gasteiger partial charge is 0.249 e. The molecule has 1 atom stereocenters. The zero-order chi connectivity index (χ0) is 17.2. The summed E-state index contributed by atoms with van der Waals surface area (Å²) in [5, 5.41) is 0. The summed E-state index contributed by atoms with van der Waals surface area (Å²) in [6.07, 6.45) is 7.21. The number of carbonyl (C=O) groups is 1. The largest absolute Gasteiger partial charge is 0.347 e. The van der Waals surface area contributed by atoms with Gasteiger partial charge in [-0.2, -0.15) is 0 Å². The third kappa shape index (κ3) is 3.19. The van der Waals surface area contributed by atoms with Crippen LogP contribution in [0.2, 0.25) is 0 Å². The van der Waals surface area contributed by atoms with Crippen LogP contribution in [0.25, 0.3) is 0 Å². The van der Waals surface area contributed by atoms with Crippen LogP contribution in [0.15, 0.2) is 36.9 Å². The number of imidazole rings is 1. The quantitative estimate of drug-likeness (QED) is 0.857. The van der Waals surface area contributed by atoms with Crippen LogP contribution in [0.1, 0.15) is 24.2 Å². The topological polar surface area (TPSA) is 54.3 Å². The van der Waals surface area contributed by atoms with E-state index in [1.165, 1.54) is 0 Å². The van der Waals surface area contributed by atoms with Crippen molar-refractivity contribution in [2.45, 2.75) is 31.8 Å². The molecule has 1 aliphatic rings. The fourth-order valence-corrected chi connectivity index (χ4v) is 3.60. The number of pyridine rings is 1. The maximum Gasteiger partial charge on any atom is 0.249 e. The molecule has 0 bridgehead atoms. The Bertz CT molecular complexity index is 697. The molecule has 128 valence electrons. The number of hydrogen-bond donors (Lipinski definition) is 0. The molecular weight excluding hydrogens is 302 g/mol. The second kappa shape index (κ2) is 6.73. The van der Waals surface area contributed by atoms with E-state index < -0.39 is 5.54 Å². The number of nitrogens with zero attached hydrogens (tertiary/aromatic N) is 5. The van der Waals surface area contributed by atoms with Gasteiger partial charge in [-0.3, -0.25) is 14.7 Å². The highest BCUT2D eigenvalue weighted by atomic mass is 16.2. The van der Waals surface area contributed by atoms with Crippen molar-refractivity contribution in [1.82, 2.24) is 24.3 Å². The summed E-state index contributed by atoms with van der Waals surface area (Å²) in [5.41, 5.74) is 1.49. The van der Waals surface area contributed by atoms with Crippen molar-refractivity contribution in [3.05, 3.63) is 48.3 Å². The molecule has 0 aromatic carbocycles. The minimum atomic E-state index is -0.581. The molecule has 0 saturated carbocycles. The average molecular weight is 327 g/mol. The third-order valence-corrected chi connectivity index (χ3v) is 4.68. The monoisotopic (exact) mass is 327 g/mol. The van der Waals surface area contributed by atoms with Gasteiger partial charge >= 0.3 is 0 Å². The summed E-state index contributed by atoms with van der Waals surface area (Å²) in [6.45, 7) is 4.42. The Morgan fingerprint density at radius 2 is 2.21 bits per heavy atom. The Morgan fingerprint density at radius 1 is 1.38 bits per heavy atom. The van der Waals surface area contributed by atoms with Gasteiger partial charge in [0.2, 0.25) is 5.91 Å². The van der Waals surface area contributed by atoms with E-state index in [1.807, 2.05) is 50.0 Å². The molecular formula is C18H25N5O. The van der Waals surface area contributed by atoms with Gasteiger partial charge in [-0.1, -0.05) is 6.07 Å². The van der Waals surface area contributed by atoms with E-state index in [0.29, 0.717) is 6.54 Å². The highest BCUT2D eigenvalue weighted by Crippen LogP contribution is 2.31. The van der Waals surface area contributed by atoms with E-state index in [4.69, 9.17) is 0 Å². The van der Waals surface area contributed by atoms with E-state index >= 15 is 0 Å². The van der Waals surface area contributed by atoms with Gasteiger partial charge in [-0.15, -0.1) is 0 Å². The zero-order valence-electron chi connectivity index (χ0n) is 14.6. The maximum atomic E-state index is 13.0. The van der Waals surface area contributed by atoms with Crippen molar-refractivity contribution in [2.75, 3.05) is 27.2 Å². The van der Waals surface area contributed by atoms with Crippen LogP contribution in [-0.4, -0.2) is 57.4 Å². The molecule has 6 heteroatoms. The highest BCUT2D eigenvalue weighted by Gasteiger charge is 2.44.